The number of nitrogens with zero attached hydrogens (tertiary/aromatic N) is 2. The van der Waals surface area contributed by atoms with Gasteiger partial charge >= 0.3 is 5.97 Å². The summed E-state index contributed by atoms with van der Waals surface area (Å²) in [6, 6.07) is 3.56. The second kappa shape index (κ2) is 8.93. The van der Waals surface area contributed by atoms with Crippen LogP contribution in [-0.2, 0) is 9.53 Å². The molecule has 1 N–H and O–H groups in total. The zero-order chi connectivity index (χ0) is 18.4. The van der Waals surface area contributed by atoms with E-state index in [-0.39, 0.29) is 11.8 Å². The number of hydrogen-bond acceptors (Lipinski definition) is 5. The highest BCUT2D eigenvalue weighted by Gasteiger charge is 2.37. The van der Waals surface area contributed by atoms with Gasteiger partial charge in [0.05, 0.1) is 29.7 Å². The minimum Gasteiger partial charge on any atom is -0.463 e. The molecule has 0 aliphatic carbocycles. The molecule has 0 saturated heterocycles. The lowest BCUT2D eigenvalue weighted by molar-refractivity contribution is -0.138. The number of pyridine rings is 1. The van der Waals surface area contributed by atoms with Crippen molar-refractivity contribution in [2.45, 2.75) is 32.6 Å². The van der Waals surface area contributed by atoms with E-state index in [4.69, 9.17) is 22.9 Å². The molecule has 1 aliphatic heterocycles. The quantitative estimate of drug-likeness (QED) is 0.449. The van der Waals surface area contributed by atoms with Crippen LogP contribution in [0, 0.1) is 6.57 Å². The van der Waals surface area contributed by atoms with Gasteiger partial charge in [-0.1, -0.05) is 31.0 Å². The van der Waals surface area contributed by atoms with Gasteiger partial charge in [0.2, 0.25) is 5.70 Å². The molecule has 0 bridgehead atoms. The molecule has 1 atom stereocenters. The van der Waals surface area contributed by atoms with Gasteiger partial charge in [0, 0.05) is 11.9 Å². The largest absolute Gasteiger partial charge is 0.463 e. The first-order chi connectivity index (χ1) is 12.1. The molecule has 0 radical (unpaired) electrons. The summed E-state index contributed by atoms with van der Waals surface area (Å²) in [5, 5.41) is 4.28. The van der Waals surface area contributed by atoms with Gasteiger partial charge in [-0.25, -0.2) is 14.6 Å². The van der Waals surface area contributed by atoms with E-state index in [9.17, 15) is 4.79 Å². The zero-order valence-corrected chi connectivity index (χ0v) is 16.0. The van der Waals surface area contributed by atoms with Crippen LogP contribution in [0.15, 0.2) is 40.3 Å². The summed E-state index contributed by atoms with van der Waals surface area (Å²) in [5.74, 6) is -1.01. The van der Waals surface area contributed by atoms with E-state index in [0.717, 1.165) is 17.1 Å². The Morgan fingerprint density at radius 3 is 2.84 bits per heavy atom. The van der Waals surface area contributed by atoms with Crippen molar-refractivity contribution in [2.24, 2.45) is 0 Å². The standard InChI is InChI=1S/C18H20ClN3O2S/c1-5-8-12-14(18(23)24-6-2)13(11-9-7-10-21-16(11)19)15(20-3)17(22-12)25-4/h7,9-10,13,22H,5-6,8H2,1-2,4H3. The number of thioether (sulfide) groups is 1. The van der Waals surface area contributed by atoms with Crippen molar-refractivity contribution in [1.82, 2.24) is 10.3 Å². The summed E-state index contributed by atoms with van der Waals surface area (Å²) in [6.07, 6.45) is 5.02. The van der Waals surface area contributed by atoms with Crippen LogP contribution in [0.25, 0.3) is 4.85 Å². The van der Waals surface area contributed by atoms with Crippen molar-refractivity contribution in [1.29, 1.82) is 0 Å². The number of dihydropyridines is 1. The first-order valence-corrected chi connectivity index (χ1v) is 9.62. The van der Waals surface area contributed by atoms with E-state index in [1.807, 2.05) is 13.2 Å². The topological polar surface area (TPSA) is 55.6 Å². The Hall–Kier alpha value is -1.97. The van der Waals surface area contributed by atoms with E-state index in [0.29, 0.717) is 23.3 Å². The molecule has 1 aromatic rings. The van der Waals surface area contributed by atoms with Crippen molar-refractivity contribution in [3.8, 4) is 0 Å². The van der Waals surface area contributed by atoms with Crippen molar-refractivity contribution < 1.29 is 9.53 Å². The molecule has 25 heavy (non-hydrogen) atoms. The van der Waals surface area contributed by atoms with Crippen molar-refractivity contribution >= 4 is 29.3 Å². The van der Waals surface area contributed by atoms with Gasteiger partial charge in [-0.15, -0.1) is 11.8 Å². The van der Waals surface area contributed by atoms with Crippen LogP contribution in [0.2, 0.25) is 5.15 Å². The summed E-state index contributed by atoms with van der Waals surface area (Å²) in [5.41, 5.74) is 2.30. The van der Waals surface area contributed by atoms with Gasteiger partial charge in [-0.05, 0) is 31.2 Å². The van der Waals surface area contributed by atoms with Crippen LogP contribution in [0.1, 0.15) is 38.2 Å². The lowest BCUT2D eigenvalue weighted by Gasteiger charge is -2.30. The second-order valence-corrected chi connectivity index (χ2v) is 6.51. The van der Waals surface area contributed by atoms with E-state index in [1.165, 1.54) is 11.8 Å². The lowest BCUT2D eigenvalue weighted by Crippen LogP contribution is -2.29. The summed E-state index contributed by atoms with van der Waals surface area (Å²) >= 11 is 7.75. The van der Waals surface area contributed by atoms with Crippen LogP contribution in [0.4, 0.5) is 0 Å². The normalized spacial score (nSPS) is 17.2. The van der Waals surface area contributed by atoms with Gasteiger partial charge in [-0.3, -0.25) is 0 Å². The average molecular weight is 378 g/mol. The number of halogens is 1. The van der Waals surface area contributed by atoms with Gasteiger partial charge in [-0.2, -0.15) is 0 Å². The first kappa shape index (κ1) is 19.4. The monoisotopic (exact) mass is 377 g/mol. The Bertz CT molecular complexity index is 768. The predicted molar refractivity (Wildman–Crippen MR) is 101 cm³/mol. The summed E-state index contributed by atoms with van der Waals surface area (Å²) in [4.78, 5) is 20.5. The van der Waals surface area contributed by atoms with E-state index in [2.05, 4.69) is 15.1 Å². The van der Waals surface area contributed by atoms with Gasteiger partial charge < -0.3 is 10.1 Å². The highest BCUT2D eigenvalue weighted by Crippen LogP contribution is 2.43. The summed E-state index contributed by atoms with van der Waals surface area (Å²) < 4.78 is 5.28. The molecule has 132 valence electrons. The molecule has 5 nitrogen and oxygen atoms in total. The van der Waals surface area contributed by atoms with Crippen molar-refractivity contribution in [3.63, 3.8) is 0 Å². The SMILES string of the molecule is [C-]#[N+]C1=C(SC)NC(CCC)=C(C(=O)OCC)C1c1cccnc1Cl. The van der Waals surface area contributed by atoms with E-state index in [1.54, 1.807) is 25.3 Å². The molecular weight excluding hydrogens is 358 g/mol. The lowest BCUT2D eigenvalue weighted by atomic mass is 9.85. The van der Waals surface area contributed by atoms with E-state index < -0.39 is 11.9 Å². The number of carbonyl (C=O) groups is 1. The molecule has 0 saturated carbocycles. The Balaban J connectivity index is 2.72. The van der Waals surface area contributed by atoms with Crippen LogP contribution in [-0.4, -0.2) is 23.8 Å². The molecule has 0 spiro atoms. The Labute approximate surface area is 157 Å². The molecule has 1 aliphatic rings. The Kier molecular flexibility index (Phi) is 6.91. The predicted octanol–water partition coefficient (Wildman–Crippen LogP) is 4.49. The van der Waals surface area contributed by atoms with Crippen LogP contribution in [0.3, 0.4) is 0 Å². The summed E-state index contributed by atoms with van der Waals surface area (Å²) in [6.45, 7) is 11.7. The number of ether oxygens (including phenoxy) is 1. The van der Waals surface area contributed by atoms with Gasteiger partial charge in [0.25, 0.3) is 0 Å². The maximum absolute atomic E-state index is 12.7. The van der Waals surface area contributed by atoms with Crippen LogP contribution in [0.5, 0.6) is 0 Å². The highest BCUT2D eigenvalue weighted by atomic mass is 35.5. The molecule has 1 unspecified atom stereocenters. The molecule has 2 rings (SSSR count). The Morgan fingerprint density at radius 1 is 1.52 bits per heavy atom. The molecular formula is C18H20ClN3O2S. The van der Waals surface area contributed by atoms with Crippen molar-refractivity contribution in [3.05, 3.63) is 62.5 Å². The first-order valence-electron chi connectivity index (χ1n) is 8.02. The number of esters is 1. The fourth-order valence-corrected chi connectivity index (χ4v) is 3.62. The summed E-state index contributed by atoms with van der Waals surface area (Å²) in [7, 11) is 0. The van der Waals surface area contributed by atoms with Gasteiger partial charge in [0.15, 0.2) is 0 Å². The highest BCUT2D eigenvalue weighted by molar-refractivity contribution is 8.02. The van der Waals surface area contributed by atoms with Crippen LogP contribution < -0.4 is 5.32 Å². The third kappa shape index (κ3) is 4.00. The zero-order valence-electron chi connectivity index (χ0n) is 14.4. The molecule has 7 heteroatoms. The van der Waals surface area contributed by atoms with Crippen molar-refractivity contribution in [2.75, 3.05) is 12.9 Å². The fourth-order valence-electron chi connectivity index (χ4n) is 2.80. The smallest absolute Gasteiger partial charge is 0.335 e. The number of rotatable bonds is 6. The third-order valence-electron chi connectivity index (χ3n) is 3.80. The number of carbonyl (C=O) groups excluding carboxylic acids is 1. The maximum atomic E-state index is 12.7. The molecule has 0 aromatic carbocycles. The van der Waals surface area contributed by atoms with E-state index >= 15 is 0 Å². The number of allylic oxidation sites excluding steroid dienone is 2. The average Bonchev–Trinajstić information content (AvgIpc) is 2.61. The molecule has 2 heterocycles. The van der Waals surface area contributed by atoms with Crippen LogP contribution >= 0.6 is 23.4 Å². The molecule has 0 amide bonds. The molecule has 1 aromatic heterocycles. The van der Waals surface area contributed by atoms with Gasteiger partial charge in [0.1, 0.15) is 5.15 Å². The second-order valence-electron chi connectivity index (χ2n) is 5.33. The minimum atomic E-state index is -0.581. The number of nitrogens with one attached hydrogen (secondary N) is 1. The fraction of sp³-hybridized carbons (Fsp3) is 0.389. The Morgan fingerprint density at radius 2 is 2.28 bits per heavy atom. The maximum Gasteiger partial charge on any atom is 0.335 e. The minimum absolute atomic E-state index is 0.266. The molecule has 0 fully saturated rings. The number of hydrogen-bond donors (Lipinski definition) is 1. The third-order valence-corrected chi connectivity index (χ3v) is 4.84. The number of aromatic nitrogens is 1.